The first kappa shape index (κ1) is 13.8. The molecule has 108 valence electrons. The van der Waals surface area contributed by atoms with E-state index in [2.05, 4.69) is 46.6 Å². The van der Waals surface area contributed by atoms with Gasteiger partial charge in [0, 0.05) is 19.1 Å². The van der Waals surface area contributed by atoms with Crippen molar-refractivity contribution in [2.75, 3.05) is 19.0 Å². The van der Waals surface area contributed by atoms with Crippen molar-refractivity contribution in [3.63, 3.8) is 0 Å². The summed E-state index contributed by atoms with van der Waals surface area (Å²) in [4.78, 5) is 11.3. The molecule has 20 heavy (non-hydrogen) atoms. The maximum Gasteiger partial charge on any atom is 0.150 e. The number of nitrogens with one attached hydrogen (secondary N) is 1. The number of aryl methyl sites for hydroxylation is 1. The van der Waals surface area contributed by atoms with Gasteiger partial charge in [-0.05, 0) is 50.6 Å². The summed E-state index contributed by atoms with van der Waals surface area (Å²) in [5.41, 5.74) is 2.36. The Balaban J connectivity index is 1.84. The van der Waals surface area contributed by atoms with Crippen LogP contribution in [0.15, 0.2) is 11.7 Å². The molecule has 0 spiro atoms. The summed E-state index contributed by atoms with van der Waals surface area (Å²) in [6.45, 7) is 2.12. The van der Waals surface area contributed by atoms with Crippen molar-refractivity contribution in [3.8, 4) is 0 Å². The molecule has 0 amide bonds. The molecule has 0 saturated heterocycles. The standard InChI is InChI=1S/C15H22N4S/c1-10-8-20-14-13(10)17-9-18-15(14)19(3)12-6-4-11(16-2)5-7-12/h8-9,11-12,16H,4-7H2,1-3H3. The van der Waals surface area contributed by atoms with Crippen LogP contribution >= 0.6 is 11.3 Å². The highest BCUT2D eigenvalue weighted by atomic mass is 32.1. The van der Waals surface area contributed by atoms with Gasteiger partial charge in [0.2, 0.25) is 0 Å². The van der Waals surface area contributed by atoms with Crippen molar-refractivity contribution >= 4 is 27.4 Å². The Hall–Kier alpha value is -1.20. The quantitative estimate of drug-likeness (QED) is 0.943. The molecule has 5 heteroatoms. The molecular weight excluding hydrogens is 268 g/mol. The largest absolute Gasteiger partial charge is 0.355 e. The van der Waals surface area contributed by atoms with Crippen LogP contribution in [0.4, 0.5) is 5.82 Å². The highest BCUT2D eigenvalue weighted by Gasteiger charge is 2.25. The molecule has 1 fully saturated rings. The molecule has 0 aromatic carbocycles. The second-order valence-electron chi connectivity index (χ2n) is 5.70. The Morgan fingerprint density at radius 2 is 2.00 bits per heavy atom. The van der Waals surface area contributed by atoms with Crippen molar-refractivity contribution in [2.45, 2.75) is 44.7 Å². The smallest absolute Gasteiger partial charge is 0.150 e. The Morgan fingerprint density at radius 1 is 1.25 bits per heavy atom. The summed E-state index contributed by atoms with van der Waals surface area (Å²) >= 11 is 1.76. The second kappa shape index (κ2) is 5.66. The normalized spacial score (nSPS) is 23.1. The lowest BCUT2D eigenvalue weighted by molar-refractivity contribution is 0.351. The van der Waals surface area contributed by atoms with E-state index in [9.17, 15) is 0 Å². The number of hydrogen-bond donors (Lipinski definition) is 1. The van der Waals surface area contributed by atoms with Crippen molar-refractivity contribution < 1.29 is 0 Å². The van der Waals surface area contributed by atoms with Gasteiger partial charge in [0.15, 0.2) is 0 Å². The number of hydrogen-bond acceptors (Lipinski definition) is 5. The molecule has 0 atom stereocenters. The van der Waals surface area contributed by atoms with Crippen molar-refractivity contribution in [1.29, 1.82) is 0 Å². The third-order valence-electron chi connectivity index (χ3n) is 4.50. The molecule has 1 aliphatic rings. The lowest BCUT2D eigenvalue weighted by Crippen LogP contribution is -2.40. The van der Waals surface area contributed by atoms with E-state index in [0.29, 0.717) is 12.1 Å². The summed E-state index contributed by atoms with van der Waals surface area (Å²) < 4.78 is 1.23. The predicted octanol–water partition coefficient (Wildman–Crippen LogP) is 2.97. The van der Waals surface area contributed by atoms with Crippen molar-refractivity contribution in [1.82, 2.24) is 15.3 Å². The molecule has 3 rings (SSSR count). The van der Waals surface area contributed by atoms with Gasteiger partial charge < -0.3 is 10.2 Å². The van der Waals surface area contributed by atoms with Crippen molar-refractivity contribution in [2.24, 2.45) is 0 Å². The van der Waals surface area contributed by atoms with Gasteiger partial charge in [-0.2, -0.15) is 0 Å². The molecule has 1 aliphatic carbocycles. The fraction of sp³-hybridized carbons (Fsp3) is 0.600. The van der Waals surface area contributed by atoms with Crippen LogP contribution in [0.3, 0.4) is 0 Å². The van der Waals surface area contributed by atoms with E-state index in [1.54, 1.807) is 17.7 Å². The lowest BCUT2D eigenvalue weighted by atomic mass is 9.90. The van der Waals surface area contributed by atoms with E-state index >= 15 is 0 Å². The summed E-state index contributed by atoms with van der Waals surface area (Å²) in [6.07, 6.45) is 6.68. The van der Waals surface area contributed by atoms with Gasteiger partial charge in [0.1, 0.15) is 12.1 Å². The van der Waals surface area contributed by atoms with Gasteiger partial charge in [-0.1, -0.05) is 0 Å². The van der Waals surface area contributed by atoms with Crippen LogP contribution in [0.25, 0.3) is 10.2 Å². The van der Waals surface area contributed by atoms with E-state index in [-0.39, 0.29) is 0 Å². The molecular formula is C15H22N4S. The van der Waals surface area contributed by atoms with Crippen LogP contribution in [-0.4, -0.2) is 36.1 Å². The molecule has 0 bridgehead atoms. The lowest BCUT2D eigenvalue weighted by Gasteiger charge is -2.35. The maximum absolute atomic E-state index is 4.54. The number of anilines is 1. The van der Waals surface area contributed by atoms with Gasteiger partial charge in [-0.3, -0.25) is 0 Å². The minimum absolute atomic E-state index is 0.597. The zero-order valence-electron chi connectivity index (χ0n) is 12.4. The highest BCUT2D eigenvalue weighted by Crippen LogP contribution is 2.33. The minimum Gasteiger partial charge on any atom is -0.355 e. The first-order chi connectivity index (χ1) is 9.70. The fourth-order valence-corrected chi connectivity index (χ4v) is 4.17. The molecule has 1 N–H and O–H groups in total. The number of nitrogens with zero attached hydrogens (tertiary/aromatic N) is 3. The van der Waals surface area contributed by atoms with E-state index in [1.807, 2.05) is 0 Å². The molecule has 2 heterocycles. The molecule has 1 saturated carbocycles. The molecule has 0 aliphatic heterocycles. The third-order valence-corrected chi connectivity index (χ3v) is 5.58. The molecule has 2 aromatic rings. The number of fused-ring (bicyclic) bond motifs is 1. The number of thiophene rings is 1. The van der Waals surface area contributed by atoms with Gasteiger partial charge >= 0.3 is 0 Å². The Labute approximate surface area is 124 Å². The molecule has 0 unspecified atom stereocenters. The number of rotatable bonds is 3. The van der Waals surface area contributed by atoms with Crippen LogP contribution < -0.4 is 10.2 Å². The average molecular weight is 290 g/mol. The Bertz CT molecular complexity index is 587. The maximum atomic E-state index is 4.54. The van der Waals surface area contributed by atoms with Gasteiger partial charge in [-0.25, -0.2) is 9.97 Å². The summed E-state index contributed by atoms with van der Waals surface area (Å²) in [5.74, 6) is 1.10. The highest BCUT2D eigenvalue weighted by molar-refractivity contribution is 7.18. The summed E-state index contributed by atoms with van der Waals surface area (Å²) in [7, 11) is 4.25. The first-order valence-electron chi connectivity index (χ1n) is 7.29. The topological polar surface area (TPSA) is 41.0 Å². The monoisotopic (exact) mass is 290 g/mol. The van der Waals surface area contributed by atoms with Gasteiger partial charge in [0.05, 0.1) is 10.2 Å². The zero-order chi connectivity index (χ0) is 14.1. The first-order valence-corrected chi connectivity index (χ1v) is 8.17. The Kier molecular flexibility index (Phi) is 3.89. The molecule has 2 aromatic heterocycles. The Morgan fingerprint density at radius 3 is 2.70 bits per heavy atom. The average Bonchev–Trinajstić information content (AvgIpc) is 2.88. The third kappa shape index (κ3) is 2.40. The van der Waals surface area contributed by atoms with Crippen LogP contribution in [0.2, 0.25) is 0 Å². The van der Waals surface area contributed by atoms with E-state index < -0.39 is 0 Å². The number of aromatic nitrogens is 2. The fourth-order valence-electron chi connectivity index (χ4n) is 3.13. The van der Waals surface area contributed by atoms with E-state index in [0.717, 1.165) is 11.3 Å². The van der Waals surface area contributed by atoms with Crippen LogP contribution in [0.1, 0.15) is 31.2 Å². The van der Waals surface area contributed by atoms with Crippen LogP contribution in [-0.2, 0) is 0 Å². The molecule has 4 nitrogen and oxygen atoms in total. The zero-order valence-corrected chi connectivity index (χ0v) is 13.2. The van der Waals surface area contributed by atoms with Crippen LogP contribution in [0, 0.1) is 6.92 Å². The van der Waals surface area contributed by atoms with Gasteiger partial charge in [0.25, 0.3) is 0 Å². The van der Waals surface area contributed by atoms with Gasteiger partial charge in [-0.15, -0.1) is 11.3 Å². The van der Waals surface area contributed by atoms with Crippen LogP contribution in [0.5, 0.6) is 0 Å². The minimum atomic E-state index is 0.597. The SMILES string of the molecule is CNC1CCC(N(C)c2ncnc3c(C)csc23)CC1. The summed E-state index contributed by atoms with van der Waals surface area (Å²) in [6, 6.07) is 1.29. The molecule has 0 radical (unpaired) electrons. The second-order valence-corrected chi connectivity index (χ2v) is 6.58. The van der Waals surface area contributed by atoms with E-state index in [4.69, 9.17) is 0 Å². The predicted molar refractivity (Wildman–Crippen MR) is 85.7 cm³/mol. The van der Waals surface area contributed by atoms with E-state index in [1.165, 1.54) is 35.9 Å². The van der Waals surface area contributed by atoms with Crippen molar-refractivity contribution in [3.05, 3.63) is 17.3 Å². The summed E-state index contributed by atoms with van der Waals surface area (Å²) in [5, 5.41) is 5.57.